The summed E-state index contributed by atoms with van der Waals surface area (Å²) in [5.41, 5.74) is 0.915. The third-order valence-electron chi connectivity index (χ3n) is 2.85. The lowest BCUT2D eigenvalue weighted by molar-refractivity contribution is 0.605. The van der Waals surface area contributed by atoms with Gasteiger partial charge < -0.3 is 4.90 Å². The van der Waals surface area contributed by atoms with Crippen LogP contribution in [0.5, 0.6) is 0 Å². The molecule has 1 aromatic rings. The Morgan fingerprint density at radius 2 is 2.19 bits per heavy atom. The number of anilines is 1. The number of nitriles is 1. The molecule has 2 nitrogen and oxygen atoms in total. The van der Waals surface area contributed by atoms with E-state index >= 15 is 0 Å². The fourth-order valence-corrected chi connectivity index (χ4v) is 1.68. The Morgan fingerprint density at radius 1 is 1.50 bits per heavy atom. The molecule has 0 aliphatic heterocycles. The zero-order chi connectivity index (χ0) is 12.1. The molecular weight excluding hydrogens is 203 g/mol. The second kappa shape index (κ2) is 5.50. The molecule has 1 rings (SSSR count). The van der Waals surface area contributed by atoms with E-state index in [1.165, 1.54) is 12.1 Å². The van der Waals surface area contributed by atoms with Crippen LogP contribution in [0, 0.1) is 17.1 Å². The first-order valence-electron chi connectivity index (χ1n) is 5.52. The molecule has 0 aliphatic carbocycles. The van der Waals surface area contributed by atoms with Gasteiger partial charge in [-0.1, -0.05) is 13.3 Å². The Bertz CT molecular complexity index is 395. The molecule has 0 spiro atoms. The summed E-state index contributed by atoms with van der Waals surface area (Å²) in [7, 11) is 1.95. The van der Waals surface area contributed by atoms with Gasteiger partial charge in [0.2, 0.25) is 0 Å². The number of hydrogen-bond acceptors (Lipinski definition) is 2. The van der Waals surface area contributed by atoms with Gasteiger partial charge in [-0.05, 0) is 31.5 Å². The van der Waals surface area contributed by atoms with Crippen molar-refractivity contribution in [3.8, 4) is 6.07 Å². The Hall–Kier alpha value is -1.56. The van der Waals surface area contributed by atoms with Crippen LogP contribution in [0.15, 0.2) is 18.2 Å². The summed E-state index contributed by atoms with van der Waals surface area (Å²) in [5.74, 6) is -0.449. The zero-order valence-electron chi connectivity index (χ0n) is 10.00. The van der Waals surface area contributed by atoms with Crippen molar-refractivity contribution in [2.75, 3.05) is 11.9 Å². The molecular formula is C13H17FN2. The number of halogens is 1. The van der Waals surface area contributed by atoms with E-state index in [0.717, 1.165) is 18.5 Å². The van der Waals surface area contributed by atoms with Gasteiger partial charge in [-0.25, -0.2) is 4.39 Å². The standard InChI is InChI=1S/C13H17FN2/c1-4-5-10(2)16(3)12-7-6-11(9-15)13(14)8-12/h6-8,10H,4-5H2,1-3H3. The van der Waals surface area contributed by atoms with Gasteiger partial charge in [-0.2, -0.15) is 5.26 Å². The van der Waals surface area contributed by atoms with Crippen molar-refractivity contribution in [3.63, 3.8) is 0 Å². The van der Waals surface area contributed by atoms with Crippen molar-refractivity contribution in [2.24, 2.45) is 0 Å². The summed E-state index contributed by atoms with van der Waals surface area (Å²) in [4.78, 5) is 2.04. The quantitative estimate of drug-likeness (QED) is 0.778. The van der Waals surface area contributed by atoms with Crippen LogP contribution in [-0.4, -0.2) is 13.1 Å². The van der Waals surface area contributed by atoms with Crippen LogP contribution in [0.2, 0.25) is 0 Å². The van der Waals surface area contributed by atoms with Gasteiger partial charge in [0, 0.05) is 18.8 Å². The van der Waals surface area contributed by atoms with Crippen LogP contribution in [0.25, 0.3) is 0 Å². The molecule has 0 bridgehead atoms. The lowest BCUT2D eigenvalue weighted by Crippen LogP contribution is -2.28. The highest BCUT2D eigenvalue weighted by molar-refractivity contribution is 5.50. The molecule has 0 amide bonds. The lowest BCUT2D eigenvalue weighted by Gasteiger charge is -2.26. The molecule has 0 saturated carbocycles. The molecule has 0 aromatic heterocycles. The molecule has 1 unspecified atom stereocenters. The summed E-state index contributed by atoms with van der Waals surface area (Å²) in [6, 6.07) is 6.93. The number of nitrogens with zero attached hydrogens (tertiary/aromatic N) is 2. The molecule has 0 fully saturated rings. The fraction of sp³-hybridized carbons (Fsp3) is 0.462. The monoisotopic (exact) mass is 220 g/mol. The molecule has 0 radical (unpaired) electrons. The number of benzene rings is 1. The van der Waals surface area contributed by atoms with Crippen molar-refractivity contribution >= 4 is 5.69 Å². The third kappa shape index (κ3) is 2.73. The first-order valence-corrected chi connectivity index (χ1v) is 5.52. The lowest BCUT2D eigenvalue weighted by atomic mass is 10.1. The molecule has 0 heterocycles. The average molecular weight is 220 g/mol. The minimum absolute atomic E-state index is 0.0975. The van der Waals surface area contributed by atoms with E-state index in [-0.39, 0.29) is 5.56 Å². The topological polar surface area (TPSA) is 27.0 Å². The number of hydrogen-bond donors (Lipinski definition) is 0. The van der Waals surface area contributed by atoms with Crippen molar-refractivity contribution in [3.05, 3.63) is 29.6 Å². The van der Waals surface area contributed by atoms with E-state index < -0.39 is 5.82 Å². The molecule has 0 saturated heterocycles. The Kier molecular flexibility index (Phi) is 4.30. The van der Waals surface area contributed by atoms with Gasteiger partial charge in [-0.15, -0.1) is 0 Å². The molecule has 3 heteroatoms. The summed E-state index contributed by atoms with van der Waals surface area (Å²) in [5, 5.41) is 8.64. The highest BCUT2D eigenvalue weighted by Crippen LogP contribution is 2.20. The number of rotatable bonds is 4. The second-order valence-electron chi connectivity index (χ2n) is 4.02. The highest BCUT2D eigenvalue weighted by atomic mass is 19.1. The van der Waals surface area contributed by atoms with Gasteiger partial charge in [0.1, 0.15) is 11.9 Å². The van der Waals surface area contributed by atoms with Crippen LogP contribution in [-0.2, 0) is 0 Å². The summed E-state index contributed by atoms with van der Waals surface area (Å²) in [6.07, 6.45) is 2.17. The Labute approximate surface area is 96.3 Å². The fourth-order valence-electron chi connectivity index (χ4n) is 1.68. The van der Waals surface area contributed by atoms with Crippen molar-refractivity contribution in [2.45, 2.75) is 32.7 Å². The summed E-state index contributed by atoms with van der Waals surface area (Å²) >= 11 is 0. The highest BCUT2D eigenvalue weighted by Gasteiger charge is 2.11. The molecule has 16 heavy (non-hydrogen) atoms. The zero-order valence-corrected chi connectivity index (χ0v) is 10.00. The average Bonchev–Trinajstić information content (AvgIpc) is 2.28. The van der Waals surface area contributed by atoms with Crippen LogP contribution < -0.4 is 4.90 Å². The van der Waals surface area contributed by atoms with E-state index in [1.54, 1.807) is 6.07 Å². The molecule has 0 aliphatic rings. The van der Waals surface area contributed by atoms with Crippen LogP contribution in [0.4, 0.5) is 10.1 Å². The predicted octanol–water partition coefficient (Wildman–Crippen LogP) is 3.32. The summed E-state index contributed by atoms with van der Waals surface area (Å²) < 4.78 is 13.4. The van der Waals surface area contributed by atoms with Gasteiger partial charge >= 0.3 is 0 Å². The largest absolute Gasteiger partial charge is 0.372 e. The van der Waals surface area contributed by atoms with Crippen molar-refractivity contribution < 1.29 is 4.39 Å². The molecule has 1 aromatic carbocycles. The first kappa shape index (κ1) is 12.5. The molecule has 0 N–H and O–H groups in total. The van der Waals surface area contributed by atoms with Gasteiger partial charge in [0.15, 0.2) is 0 Å². The third-order valence-corrected chi connectivity index (χ3v) is 2.85. The predicted molar refractivity (Wildman–Crippen MR) is 63.9 cm³/mol. The summed E-state index contributed by atoms with van der Waals surface area (Å²) in [6.45, 7) is 4.24. The van der Waals surface area contributed by atoms with Crippen LogP contribution >= 0.6 is 0 Å². The smallest absolute Gasteiger partial charge is 0.143 e. The maximum atomic E-state index is 13.4. The van der Waals surface area contributed by atoms with E-state index in [9.17, 15) is 4.39 Å². The van der Waals surface area contributed by atoms with Crippen LogP contribution in [0.1, 0.15) is 32.3 Å². The van der Waals surface area contributed by atoms with Gasteiger partial charge in [0.05, 0.1) is 5.56 Å². The normalized spacial score (nSPS) is 11.9. The second-order valence-corrected chi connectivity index (χ2v) is 4.02. The molecule has 1 atom stereocenters. The van der Waals surface area contributed by atoms with Crippen molar-refractivity contribution in [1.82, 2.24) is 0 Å². The minimum atomic E-state index is -0.449. The SMILES string of the molecule is CCCC(C)N(C)c1ccc(C#N)c(F)c1. The molecule has 86 valence electrons. The maximum absolute atomic E-state index is 13.4. The van der Waals surface area contributed by atoms with Crippen LogP contribution in [0.3, 0.4) is 0 Å². The van der Waals surface area contributed by atoms with E-state index in [4.69, 9.17) is 5.26 Å². The first-order chi connectivity index (χ1) is 7.60. The van der Waals surface area contributed by atoms with Crippen molar-refractivity contribution in [1.29, 1.82) is 5.26 Å². The maximum Gasteiger partial charge on any atom is 0.143 e. The van der Waals surface area contributed by atoms with E-state index in [1.807, 2.05) is 18.0 Å². The van der Waals surface area contributed by atoms with E-state index in [0.29, 0.717) is 6.04 Å². The Morgan fingerprint density at radius 3 is 2.69 bits per heavy atom. The van der Waals surface area contributed by atoms with E-state index in [2.05, 4.69) is 13.8 Å². The minimum Gasteiger partial charge on any atom is -0.372 e. The van der Waals surface area contributed by atoms with Gasteiger partial charge in [0.25, 0.3) is 0 Å². The van der Waals surface area contributed by atoms with Gasteiger partial charge in [-0.3, -0.25) is 0 Å². The Balaban J connectivity index is 2.89.